The molecule has 4 rings (SSSR count). The highest BCUT2D eigenvalue weighted by Gasteiger charge is 2.46. The van der Waals surface area contributed by atoms with Crippen LogP contribution < -0.4 is 4.74 Å². The maximum Gasteiger partial charge on any atom is 0.307 e. The van der Waals surface area contributed by atoms with E-state index in [1.165, 1.54) is 5.56 Å². The molecule has 1 aromatic carbocycles. The number of ether oxygens (including phenoxy) is 1. The number of aliphatic carboxylic acids is 1. The van der Waals surface area contributed by atoms with Gasteiger partial charge in [-0.05, 0) is 25.5 Å². The number of hydrogen-bond donors (Lipinski definition) is 1. The number of rotatable bonds is 7. The molecular formula is C18H18N4O3S. The highest BCUT2D eigenvalue weighted by atomic mass is 32.1. The van der Waals surface area contributed by atoms with Gasteiger partial charge in [0, 0.05) is 17.5 Å². The Morgan fingerprint density at radius 1 is 1.38 bits per heavy atom. The largest absolute Gasteiger partial charge is 0.486 e. The first-order valence-corrected chi connectivity index (χ1v) is 9.22. The molecule has 1 aliphatic rings. The summed E-state index contributed by atoms with van der Waals surface area (Å²) in [5, 5.41) is 20.1. The predicted octanol–water partition coefficient (Wildman–Crippen LogP) is 2.86. The number of nitrogens with zero attached hydrogens (tertiary/aromatic N) is 4. The van der Waals surface area contributed by atoms with Gasteiger partial charge in [-0.15, -0.1) is 16.4 Å². The zero-order valence-electron chi connectivity index (χ0n) is 14.2. The summed E-state index contributed by atoms with van der Waals surface area (Å²) in [6.07, 6.45) is 2.46. The molecule has 0 radical (unpaired) electrons. The Bertz CT molecular complexity index is 919. The first kappa shape index (κ1) is 16.7. The van der Waals surface area contributed by atoms with Crippen molar-refractivity contribution in [3.05, 3.63) is 57.8 Å². The van der Waals surface area contributed by atoms with Crippen molar-refractivity contribution in [3.63, 3.8) is 0 Å². The monoisotopic (exact) mass is 370 g/mol. The fourth-order valence-electron chi connectivity index (χ4n) is 2.79. The zero-order valence-corrected chi connectivity index (χ0v) is 15.0. The maximum absolute atomic E-state index is 11.0. The molecule has 0 amide bonds. The van der Waals surface area contributed by atoms with Crippen molar-refractivity contribution in [1.29, 1.82) is 0 Å². The molecule has 26 heavy (non-hydrogen) atoms. The summed E-state index contributed by atoms with van der Waals surface area (Å²) in [5.74, 6) is -0.256. The Kier molecular flexibility index (Phi) is 4.42. The van der Waals surface area contributed by atoms with Gasteiger partial charge in [0.15, 0.2) is 0 Å². The summed E-state index contributed by atoms with van der Waals surface area (Å²) in [6.45, 7) is 2.98. The second-order valence-corrected chi connectivity index (χ2v) is 7.40. The van der Waals surface area contributed by atoms with Crippen LogP contribution in [0.5, 0.6) is 5.75 Å². The van der Waals surface area contributed by atoms with Crippen LogP contribution in [0, 0.1) is 12.8 Å². The van der Waals surface area contributed by atoms with Crippen molar-refractivity contribution >= 4 is 17.3 Å². The fraction of sp³-hybridized carbons (Fsp3) is 0.333. The lowest BCUT2D eigenvalue weighted by atomic mass is 10.2. The Balaban J connectivity index is 1.33. The molecule has 0 aliphatic heterocycles. The van der Waals surface area contributed by atoms with Crippen molar-refractivity contribution in [2.75, 3.05) is 0 Å². The number of hydrogen-bond acceptors (Lipinski definition) is 6. The Morgan fingerprint density at radius 3 is 2.92 bits per heavy atom. The number of aryl methyl sites for hydroxylation is 1. The summed E-state index contributed by atoms with van der Waals surface area (Å²) in [5.41, 5.74) is 2.83. The van der Waals surface area contributed by atoms with Crippen LogP contribution in [0.1, 0.15) is 34.3 Å². The predicted molar refractivity (Wildman–Crippen MR) is 95.2 cm³/mol. The topological polar surface area (TPSA) is 90.1 Å². The molecule has 2 heterocycles. The molecule has 0 bridgehead atoms. The van der Waals surface area contributed by atoms with Gasteiger partial charge < -0.3 is 9.84 Å². The zero-order chi connectivity index (χ0) is 18.1. The van der Waals surface area contributed by atoms with E-state index in [0.717, 1.165) is 22.1 Å². The van der Waals surface area contributed by atoms with E-state index in [2.05, 4.69) is 15.3 Å². The second kappa shape index (κ2) is 6.87. The summed E-state index contributed by atoms with van der Waals surface area (Å²) >= 11 is 1.55. The molecule has 3 aromatic rings. The van der Waals surface area contributed by atoms with Gasteiger partial charge in [-0.2, -0.15) is 0 Å². The Morgan fingerprint density at radius 2 is 2.19 bits per heavy atom. The van der Waals surface area contributed by atoms with E-state index in [0.29, 0.717) is 19.6 Å². The van der Waals surface area contributed by atoms with Gasteiger partial charge in [-0.3, -0.25) is 4.79 Å². The van der Waals surface area contributed by atoms with E-state index in [1.807, 2.05) is 42.8 Å². The van der Waals surface area contributed by atoms with Crippen molar-refractivity contribution in [2.24, 2.45) is 5.92 Å². The molecule has 7 nitrogen and oxygen atoms in total. The summed E-state index contributed by atoms with van der Waals surface area (Å²) < 4.78 is 7.45. The van der Waals surface area contributed by atoms with E-state index in [9.17, 15) is 4.79 Å². The van der Waals surface area contributed by atoms with E-state index < -0.39 is 5.97 Å². The van der Waals surface area contributed by atoms with Crippen molar-refractivity contribution in [2.45, 2.75) is 32.4 Å². The average molecular weight is 370 g/mol. The molecule has 1 fully saturated rings. The van der Waals surface area contributed by atoms with Crippen molar-refractivity contribution < 1.29 is 14.6 Å². The minimum Gasteiger partial charge on any atom is -0.486 e. The smallest absolute Gasteiger partial charge is 0.307 e. The first-order valence-electron chi connectivity index (χ1n) is 8.34. The highest BCUT2D eigenvalue weighted by Crippen LogP contribution is 2.46. The van der Waals surface area contributed by atoms with Crippen LogP contribution in [0.3, 0.4) is 0 Å². The van der Waals surface area contributed by atoms with Crippen LogP contribution in [0.2, 0.25) is 0 Å². The van der Waals surface area contributed by atoms with Crippen LogP contribution in [-0.2, 0) is 17.9 Å². The van der Waals surface area contributed by atoms with Crippen LogP contribution in [0.4, 0.5) is 0 Å². The SMILES string of the molecule is Cc1ccc(OCc2nc(Cn3cc([C@@H]4C[C@@H]4C(=O)O)nn3)cs2)cc1. The number of aromatic nitrogens is 4. The van der Waals surface area contributed by atoms with E-state index in [-0.39, 0.29) is 11.8 Å². The molecule has 8 heteroatoms. The lowest BCUT2D eigenvalue weighted by Gasteiger charge is -2.03. The maximum atomic E-state index is 11.0. The third kappa shape index (κ3) is 3.75. The average Bonchev–Trinajstić information content (AvgIpc) is 3.09. The molecule has 2 atom stereocenters. The molecule has 0 saturated heterocycles. The molecule has 1 aliphatic carbocycles. The summed E-state index contributed by atoms with van der Waals surface area (Å²) in [7, 11) is 0. The second-order valence-electron chi connectivity index (χ2n) is 6.46. The normalized spacial score (nSPS) is 18.7. The van der Waals surface area contributed by atoms with Crippen molar-refractivity contribution in [1.82, 2.24) is 20.0 Å². The molecule has 1 saturated carbocycles. The molecule has 2 aromatic heterocycles. The number of thiazole rings is 1. The number of carboxylic acids is 1. The Labute approximate surface area is 154 Å². The van der Waals surface area contributed by atoms with Gasteiger partial charge in [0.1, 0.15) is 17.4 Å². The lowest BCUT2D eigenvalue weighted by molar-refractivity contribution is -0.138. The van der Waals surface area contributed by atoms with Crippen molar-refractivity contribution in [3.8, 4) is 5.75 Å². The fourth-order valence-corrected chi connectivity index (χ4v) is 3.48. The lowest BCUT2D eigenvalue weighted by Crippen LogP contribution is -2.02. The summed E-state index contributed by atoms with van der Waals surface area (Å²) in [4.78, 5) is 15.5. The standard InChI is InChI=1S/C18H18N4O3S/c1-11-2-4-13(5-3-11)25-9-17-19-12(10-26-17)7-22-8-16(20-21-22)14-6-15(14)18(23)24/h2-5,8,10,14-15H,6-7,9H2,1H3,(H,23,24)/t14-,15+/m1/s1. The highest BCUT2D eigenvalue weighted by molar-refractivity contribution is 7.09. The quantitative estimate of drug-likeness (QED) is 0.688. The Hall–Kier alpha value is -2.74. The van der Waals surface area contributed by atoms with Gasteiger partial charge >= 0.3 is 5.97 Å². The third-order valence-corrected chi connectivity index (χ3v) is 5.22. The van der Waals surface area contributed by atoms with Crippen LogP contribution in [0.25, 0.3) is 0 Å². The number of benzene rings is 1. The van der Waals surface area contributed by atoms with E-state index in [4.69, 9.17) is 9.84 Å². The van der Waals surface area contributed by atoms with Crippen LogP contribution in [-0.4, -0.2) is 31.1 Å². The van der Waals surface area contributed by atoms with Crippen LogP contribution in [0.15, 0.2) is 35.8 Å². The summed E-state index contributed by atoms with van der Waals surface area (Å²) in [6, 6.07) is 7.92. The first-order chi connectivity index (χ1) is 12.6. The molecule has 0 unspecified atom stereocenters. The van der Waals surface area contributed by atoms with Gasteiger partial charge in [-0.1, -0.05) is 22.9 Å². The van der Waals surface area contributed by atoms with E-state index >= 15 is 0 Å². The molecule has 134 valence electrons. The molecule has 0 spiro atoms. The minimum absolute atomic E-state index is 0.00449. The molecule has 1 N–H and O–H groups in total. The number of carbonyl (C=O) groups is 1. The number of carboxylic acid groups (broad SMARTS) is 1. The van der Waals surface area contributed by atoms with Gasteiger partial charge in [0.2, 0.25) is 0 Å². The third-order valence-electron chi connectivity index (χ3n) is 4.35. The molecular weight excluding hydrogens is 352 g/mol. The van der Waals surface area contributed by atoms with Crippen LogP contribution >= 0.6 is 11.3 Å². The van der Waals surface area contributed by atoms with E-state index in [1.54, 1.807) is 16.0 Å². The van der Waals surface area contributed by atoms with Gasteiger partial charge in [-0.25, -0.2) is 9.67 Å². The minimum atomic E-state index is -0.762. The van der Waals surface area contributed by atoms with Gasteiger partial charge in [0.25, 0.3) is 0 Å². The van der Waals surface area contributed by atoms with Gasteiger partial charge in [0.05, 0.1) is 23.9 Å².